The lowest BCUT2D eigenvalue weighted by atomic mass is 10.0. The molecule has 3 unspecified atom stereocenters. The normalized spacial score (nSPS) is 21.7. The van der Waals surface area contributed by atoms with Crippen molar-refractivity contribution in [2.45, 2.75) is 63.1 Å². The highest BCUT2D eigenvalue weighted by molar-refractivity contribution is 8.02. The zero-order chi connectivity index (χ0) is 23.0. The van der Waals surface area contributed by atoms with Crippen LogP contribution in [0.4, 0.5) is 0 Å². The van der Waals surface area contributed by atoms with E-state index in [1.165, 1.54) is 6.92 Å². The Hall–Kier alpha value is -1.42. The van der Waals surface area contributed by atoms with Crippen molar-refractivity contribution < 1.29 is 33.8 Å². The van der Waals surface area contributed by atoms with Crippen LogP contribution in [0.25, 0.3) is 0 Å². The van der Waals surface area contributed by atoms with Gasteiger partial charge in [0.1, 0.15) is 27.9 Å². The topological polar surface area (TPSA) is 116 Å². The molecule has 1 aliphatic heterocycles. The number of carboxylic acid groups (broad SMARTS) is 1. The zero-order valence-electron chi connectivity index (χ0n) is 18.3. The molecule has 1 aromatic carbocycles. The van der Waals surface area contributed by atoms with Crippen LogP contribution in [0.5, 0.6) is 11.5 Å². The number of ether oxygens (including phenoxy) is 2. The van der Waals surface area contributed by atoms with Crippen LogP contribution < -0.4 is 4.74 Å². The molecule has 0 aliphatic carbocycles. The fourth-order valence-electron chi connectivity index (χ4n) is 3.46. The lowest BCUT2D eigenvalue weighted by Crippen LogP contribution is -2.23. The van der Waals surface area contributed by atoms with Crippen molar-refractivity contribution in [3.8, 4) is 11.5 Å². The monoisotopic (exact) mass is 472 g/mol. The summed E-state index contributed by atoms with van der Waals surface area (Å²) in [7, 11) is 0. The number of carbonyl (C=O) groups is 2. The van der Waals surface area contributed by atoms with Gasteiger partial charge in [0.05, 0.1) is 24.0 Å². The van der Waals surface area contributed by atoms with E-state index in [-0.39, 0.29) is 23.2 Å². The second-order valence-corrected chi connectivity index (χ2v) is 11.2. The van der Waals surface area contributed by atoms with E-state index in [4.69, 9.17) is 14.6 Å². The average Bonchev–Trinajstić information content (AvgIpc) is 3.06. The van der Waals surface area contributed by atoms with Crippen LogP contribution in [0.3, 0.4) is 0 Å². The lowest BCUT2D eigenvalue weighted by Gasteiger charge is -2.21. The molecule has 0 saturated carbocycles. The van der Waals surface area contributed by atoms with Crippen molar-refractivity contribution in [3.05, 3.63) is 23.3 Å². The number of rotatable bonds is 13. The van der Waals surface area contributed by atoms with Crippen molar-refractivity contribution >= 4 is 34.7 Å². The largest absolute Gasteiger partial charge is 0.616 e. The Morgan fingerprint density at radius 1 is 1.42 bits per heavy atom. The number of aromatic hydroxyl groups is 1. The van der Waals surface area contributed by atoms with Crippen LogP contribution in [0.1, 0.15) is 62.4 Å². The zero-order valence-corrected chi connectivity index (χ0v) is 20.0. The van der Waals surface area contributed by atoms with Gasteiger partial charge >= 0.3 is 5.97 Å². The summed E-state index contributed by atoms with van der Waals surface area (Å²) in [6.45, 7) is 6.14. The molecule has 3 atom stereocenters. The lowest BCUT2D eigenvalue weighted by molar-refractivity contribution is -0.137. The van der Waals surface area contributed by atoms with E-state index in [1.54, 1.807) is 23.9 Å². The molecule has 31 heavy (non-hydrogen) atoms. The van der Waals surface area contributed by atoms with Gasteiger partial charge in [0.2, 0.25) is 0 Å². The van der Waals surface area contributed by atoms with E-state index < -0.39 is 22.1 Å². The first-order valence-corrected chi connectivity index (χ1v) is 12.9. The van der Waals surface area contributed by atoms with Crippen LogP contribution in [0.2, 0.25) is 0 Å². The second kappa shape index (κ2) is 12.0. The smallest absolute Gasteiger partial charge is 0.303 e. The number of carboxylic acids is 1. The number of aliphatic carboxylic acids is 1. The fraction of sp³-hybridized carbons (Fsp3) is 0.636. The number of phenolic OH excluding ortho intramolecular Hbond substituents is 1. The molecule has 7 nitrogen and oxygen atoms in total. The van der Waals surface area contributed by atoms with E-state index in [2.05, 4.69) is 0 Å². The van der Waals surface area contributed by atoms with E-state index >= 15 is 0 Å². The third-order valence-corrected chi connectivity index (χ3v) is 8.23. The summed E-state index contributed by atoms with van der Waals surface area (Å²) in [5, 5.41) is 19.3. The maximum atomic E-state index is 12.4. The molecule has 0 radical (unpaired) electrons. The molecular formula is C22H32O7S2. The summed E-state index contributed by atoms with van der Waals surface area (Å²) in [4.78, 5) is 21.9. The first kappa shape index (κ1) is 25.8. The Balaban J connectivity index is 1.78. The van der Waals surface area contributed by atoms with Crippen LogP contribution in [-0.2, 0) is 27.1 Å². The molecule has 1 heterocycles. The minimum atomic E-state index is -1.03. The standard InChI is InChI=1S/C22H32O7S2/c1-4-6-18-19(8-7-17(15(2)23)21(18)26)28-11-5-12-31(27)14-16-13-29-22(3,30-16)10-9-20(24)25/h7-8,16,26H,4-6,9-14H2,1-3H3,(H,24,25). The van der Waals surface area contributed by atoms with E-state index in [0.29, 0.717) is 60.9 Å². The Morgan fingerprint density at radius 3 is 2.81 bits per heavy atom. The maximum Gasteiger partial charge on any atom is 0.303 e. The minimum Gasteiger partial charge on any atom is -0.616 e. The number of thioether (sulfide) groups is 1. The van der Waals surface area contributed by atoms with E-state index in [0.717, 1.165) is 6.42 Å². The predicted octanol–water partition coefficient (Wildman–Crippen LogP) is 3.78. The highest BCUT2D eigenvalue weighted by Gasteiger charge is 2.39. The molecule has 0 bridgehead atoms. The Kier molecular flexibility index (Phi) is 9.99. The summed E-state index contributed by atoms with van der Waals surface area (Å²) in [5.41, 5.74) is 0.931. The molecule has 0 amide bonds. The van der Waals surface area contributed by atoms with E-state index in [9.17, 15) is 19.2 Å². The Morgan fingerprint density at radius 2 is 2.16 bits per heavy atom. The Bertz CT molecular complexity index is 770. The van der Waals surface area contributed by atoms with Crippen LogP contribution >= 0.6 is 11.8 Å². The van der Waals surface area contributed by atoms with Gasteiger partial charge in [0.25, 0.3) is 0 Å². The highest BCUT2D eigenvalue weighted by atomic mass is 32.2. The van der Waals surface area contributed by atoms with Gasteiger partial charge in [-0.3, -0.25) is 9.59 Å². The number of carbonyl (C=O) groups excluding carboxylic acids is 1. The maximum absolute atomic E-state index is 12.4. The number of phenols is 1. The van der Waals surface area contributed by atoms with Gasteiger partial charge in [-0.1, -0.05) is 24.5 Å². The summed E-state index contributed by atoms with van der Waals surface area (Å²) < 4.78 is 24.0. The first-order chi connectivity index (χ1) is 14.6. The van der Waals surface area contributed by atoms with Crippen LogP contribution in [-0.4, -0.2) is 61.4 Å². The predicted molar refractivity (Wildman–Crippen MR) is 123 cm³/mol. The van der Waals surface area contributed by atoms with Crippen molar-refractivity contribution in [1.29, 1.82) is 0 Å². The SMILES string of the molecule is CCCc1c(OCCC[S+]([O-])CC2COC(C)(CCC(=O)O)S2)ccc(C(C)=O)c1O. The summed E-state index contributed by atoms with van der Waals surface area (Å²) in [6.07, 6.45) is 2.50. The van der Waals surface area contributed by atoms with Gasteiger partial charge in [0, 0.05) is 18.4 Å². The van der Waals surface area contributed by atoms with Crippen molar-refractivity contribution in [3.63, 3.8) is 0 Å². The number of hydrogen-bond acceptors (Lipinski definition) is 7. The molecule has 0 spiro atoms. The van der Waals surface area contributed by atoms with Crippen molar-refractivity contribution in [2.24, 2.45) is 0 Å². The molecule has 1 saturated heterocycles. The second-order valence-electron chi connectivity index (χ2n) is 7.84. The summed E-state index contributed by atoms with van der Waals surface area (Å²) in [6, 6.07) is 3.28. The van der Waals surface area contributed by atoms with Gasteiger partial charge in [-0.25, -0.2) is 0 Å². The van der Waals surface area contributed by atoms with Gasteiger partial charge in [-0.2, -0.15) is 0 Å². The van der Waals surface area contributed by atoms with Gasteiger partial charge in [-0.15, -0.1) is 11.8 Å². The summed E-state index contributed by atoms with van der Waals surface area (Å²) in [5.74, 6) is 0.503. The van der Waals surface area contributed by atoms with E-state index in [1.807, 2.05) is 13.8 Å². The van der Waals surface area contributed by atoms with Crippen molar-refractivity contribution in [2.75, 3.05) is 24.7 Å². The molecule has 2 rings (SSSR count). The number of hydrogen-bond donors (Lipinski definition) is 2. The van der Waals surface area contributed by atoms with Gasteiger partial charge < -0.3 is 24.2 Å². The first-order valence-electron chi connectivity index (χ1n) is 10.5. The molecule has 1 fully saturated rings. The molecule has 9 heteroatoms. The molecular weight excluding hydrogens is 440 g/mol. The van der Waals surface area contributed by atoms with Crippen LogP contribution in [0.15, 0.2) is 12.1 Å². The van der Waals surface area contributed by atoms with Gasteiger partial charge in [0.15, 0.2) is 5.78 Å². The molecule has 1 aliphatic rings. The van der Waals surface area contributed by atoms with Crippen LogP contribution in [0, 0.1) is 0 Å². The summed E-state index contributed by atoms with van der Waals surface area (Å²) >= 11 is 0.539. The molecule has 174 valence electrons. The molecule has 0 aromatic heterocycles. The molecule has 1 aromatic rings. The molecule has 2 N–H and O–H groups in total. The number of benzene rings is 1. The highest BCUT2D eigenvalue weighted by Crippen LogP contribution is 2.41. The average molecular weight is 473 g/mol. The third-order valence-electron chi connectivity index (χ3n) is 5.05. The Labute approximate surface area is 191 Å². The van der Waals surface area contributed by atoms with Crippen molar-refractivity contribution in [1.82, 2.24) is 0 Å². The third kappa shape index (κ3) is 7.89. The number of Topliss-reactive ketones (excluding diaryl/α,β-unsaturated/α-hetero) is 1. The minimum absolute atomic E-state index is 0.0142. The fourth-order valence-corrected chi connectivity index (χ4v) is 6.50. The van der Waals surface area contributed by atoms with Gasteiger partial charge in [-0.05, 0) is 38.8 Å². The quantitative estimate of drug-likeness (QED) is 0.253. The number of ketones is 1.